The molecule has 0 amide bonds. The quantitative estimate of drug-likeness (QED) is 0.449. The summed E-state index contributed by atoms with van der Waals surface area (Å²) in [6.07, 6.45) is 1.50. The largest absolute Gasteiger partial charge is 0.462 e. The highest BCUT2D eigenvalue weighted by atomic mass is 16.6. The van der Waals surface area contributed by atoms with E-state index in [0.29, 0.717) is 5.92 Å². The van der Waals surface area contributed by atoms with Crippen LogP contribution in [0.25, 0.3) is 0 Å². The van der Waals surface area contributed by atoms with Gasteiger partial charge in [0, 0.05) is 5.57 Å². The molecule has 0 radical (unpaired) electrons. The van der Waals surface area contributed by atoms with Gasteiger partial charge in [0.15, 0.2) is 0 Å². The molecule has 0 bridgehead atoms. The lowest BCUT2D eigenvalue weighted by molar-refractivity contribution is -0.169. The number of esters is 2. The maximum absolute atomic E-state index is 12.8. The Labute approximate surface area is 152 Å². The molecule has 5 nitrogen and oxygen atoms in total. The van der Waals surface area contributed by atoms with Gasteiger partial charge in [0.25, 0.3) is 0 Å². The molecule has 1 N–H and O–H groups in total. The third-order valence-corrected chi connectivity index (χ3v) is 5.44. The van der Waals surface area contributed by atoms with E-state index < -0.39 is 17.5 Å². The SMILES string of the molecule is C=C(C)C(=O)OCC(O)COC(=O)C(C)(CC(C)CC)C(C)(C)CC. The fraction of sp³-hybridized carbons (Fsp3) is 0.800. The summed E-state index contributed by atoms with van der Waals surface area (Å²) in [6.45, 7) is 17.0. The van der Waals surface area contributed by atoms with E-state index in [1.54, 1.807) is 0 Å². The minimum absolute atomic E-state index is 0.196. The van der Waals surface area contributed by atoms with Gasteiger partial charge in [-0.2, -0.15) is 0 Å². The Morgan fingerprint density at radius 1 is 1.12 bits per heavy atom. The highest BCUT2D eigenvalue weighted by Gasteiger charge is 2.47. The third-order valence-electron chi connectivity index (χ3n) is 5.44. The van der Waals surface area contributed by atoms with E-state index in [0.717, 1.165) is 19.3 Å². The van der Waals surface area contributed by atoms with Gasteiger partial charge in [-0.3, -0.25) is 4.79 Å². The van der Waals surface area contributed by atoms with Crippen LogP contribution >= 0.6 is 0 Å². The first kappa shape index (κ1) is 23.6. The van der Waals surface area contributed by atoms with E-state index in [2.05, 4.69) is 41.2 Å². The van der Waals surface area contributed by atoms with Crippen molar-refractivity contribution in [1.29, 1.82) is 0 Å². The molecule has 0 spiro atoms. The third kappa shape index (κ3) is 6.81. The van der Waals surface area contributed by atoms with E-state index >= 15 is 0 Å². The van der Waals surface area contributed by atoms with Crippen molar-refractivity contribution < 1.29 is 24.2 Å². The summed E-state index contributed by atoms with van der Waals surface area (Å²) in [5.74, 6) is -0.492. The number of carbonyl (C=O) groups is 2. The van der Waals surface area contributed by atoms with Crippen molar-refractivity contribution >= 4 is 11.9 Å². The Kier molecular flexibility index (Phi) is 9.41. The molecule has 5 heteroatoms. The second kappa shape index (κ2) is 9.95. The van der Waals surface area contributed by atoms with Crippen LogP contribution in [0.4, 0.5) is 0 Å². The van der Waals surface area contributed by atoms with E-state index in [1.807, 2.05) is 6.92 Å². The van der Waals surface area contributed by atoms with Crippen LogP contribution in [0.2, 0.25) is 0 Å². The van der Waals surface area contributed by atoms with Crippen molar-refractivity contribution in [3.8, 4) is 0 Å². The number of carbonyl (C=O) groups excluding carboxylic acids is 2. The zero-order valence-electron chi connectivity index (χ0n) is 17.0. The van der Waals surface area contributed by atoms with Crippen molar-refractivity contribution in [2.75, 3.05) is 13.2 Å². The molecule has 146 valence electrons. The molecule has 0 fully saturated rings. The van der Waals surface area contributed by atoms with Crippen LogP contribution in [-0.4, -0.2) is 36.4 Å². The van der Waals surface area contributed by atoms with Gasteiger partial charge in [-0.15, -0.1) is 0 Å². The van der Waals surface area contributed by atoms with Crippen LogP contribution in [0.3, 0.4) is 0 Å². The van der Waals surface area contributed by atoms with Crippen molar-refractivity contribution in [1.82, 2.24) is 0 Å². The lowest BCUT2D eigenvalue weighted by Gasteiger charge is -2.43. The topological polar surface area (TPSA) is 72.8 Å². The standard InChI is InChI=1S/C20H36O5/c1-9-15(5)11-20(8,19(6,7)10-2)18(23)25-13-16(21)12-24-17(22)14(3)4/h15-16,21H,3,9-13H2,1-2,4-8H3. The van der Waals surface area contributed by atoms with Gasteiger partial charge in [-0.25, -0.2) is 4.79 Å². The number of aliphatic hydroxyl groups is 1. The van der Waals surface area contributed by atoms with Gasteiger partial charge in [0.1, 0.15) is 19.3 Å². The smallest absolute Gasteiger partial charge is 0.333 e. The summed E-state index contributed by atoms with van der Waals surface area (Å²) in [6, 6.07) is 0. The van der Waals surface area contributed by atoms with Crippen molar-refractivity contribution in [2.45, 2.75) is 73.8 Å². The Morgan fingerprint density at radius 3 is 2.08 bits per heavy atom. The normalized spacial score (nSPS) is 16.5. The molecule has 0 aliphatic heterocycles. The van der Waals surface area contributed by atoms with Crippen LogP contribution < -0.4 is 0 Å². The van der Waals surface area contributed by atoms with Crippen LogP contribution in [0, 0.1) is 16.7 Å². The summed E-state index contributed by atoms with van der Waals surface area (Å²) < 4.78 is 10.3. The second-order valence-electron chi connectivity index (χ2n) is 7.92. The summed E-state index contributed by atoms with van der Waals surface area (Å²) >= 11 is 0. The fourth-order valence-electron chi connectivity index (χ4n) is 2.54. The molecule has 25 heavy (non-hydrogen) atoms. The van der Waals surface area contributed by atoms with Crippen LogP contribution in [0.15, 0.2) is 12.2 Å². The number of hydrogen-bond acceptors (Lipinski definition) is 5. The number of ether oxygens (including phenoxy) is 2. The minimum atomic E-state index is -1.05. The Bertz CT molecular complexity index is 469. The van der Waals surface area contributed by atoms with Gasteiger partial charge in [0.2, 0.25) is 0 Å². The van der Waals surface area contributed by atoms with Crippen molar-refractivity contribution in [2.24, 2.45) is 16.7 Å². The maximum Gasteiger partial charge on any atom is 0.333 e. The predicted octanol–water partition coefficient (Wildman–Crippen LogP) is 3.89. The highest BCUT2D eigenvalue weighted by Crippen LogP contribution is 2.47. The highest BCUT2D eigenvalue weighted by molar-refractivity contribution is 5.86. The van der Waals surface area contributed by atoms with Gasteiger partial charge in [0.05, 0.1) is 5.41 Å². The van der Waals surface area contributed by atoms with Crippen LogP contribution in [0.5, 0.6) is 0 Å². The van der Waals surface area contributed by atoms with Gasteiger partial charge in [-0.1, -0.05) is 47.6 Å². The number of aliphatic hydroxyl groups excluding tert-OH is 1. The monoisotopic (exact) mass is 356 g/mol. The first-order valence-corrected chi connectivity index (χ1v) is 9.09. The summed E-state index contributed by atoms with van der Waals surface area (Å²) in [5, 5.41) is 9.90. The van der Waals surface area contributed by atoms with E-state index in [9.17, 15) is 14.7 Å². The van der Waals surface area contributed by atoms with E-state index in [4.69, 9.17) is 9.47 Å². The lowest BCUT2D eigenvalue weighted by Crippen LogP contribution is -2.45. The molecule has 0 aromatic heterocycles. The molecular weight excluding hydrogens is 320 g/mol. The molecule has 0 heterocycles. The number of rotatable bonds is 11. The van der Waals surface area contributed by atoms with Crippen LogP contribution in [0.1, 0.15) is 67.7 Å². The average Bonchev–Trinajstić information content (AvgIpc) is 2.56. The van der Waals surface area contributed by atoms with E-state index in [1.165, 1.54) is 6.92 Å². The molecular formula is C20H36O5. The Hall–Kier alpha value is -1.36. The molecule has 0 saturated carbocycles. The molecule has 0 aromatic carbocycles. The zero-order valence-corrected chi connectivity index (χ0v) is 17.0. The molecule has 0 saturated heterocycles. The predicted molar refractivity (Wildman–Crippen MR) is 99.0 cm³/mol. The number of hydrogen-bond donors (Lipinski definition) is 1. The molecule has 3 atom stereocenters. The molecule has 0 aliphatic carbocycles. The lowest BCUT2D eigenvalue weighted by atomic mass is 9.61. The minimum Gasteiger partial charge on any atom is -0.462 e. The molecule has 0 aromatic rings. The summed E-state index contributed by atoms with van der Waals surface area (Å²) in [4.78, 5) is 24.1. The van der Waals surface area contributed by atoms with Gasteiger partial charge >= 0.3 is 11.9 Å². The second-order valence-corrected chi connectivity index (χ2v) is 7.92. The Balaban J connectivity index is 4.88. The molecule has 3 unspecified atom stereocenters. The van der Waals surface area contributed by atoms with Gasteiger partial charge < -0.3 is 14.6 Å². The summed E-state index contributed by atoms with van der Waals surface area (Å²) in [5.41, 5.74) is -0.620. The summed E-state index contributed by atoms with van der Waals surface area (Å²) in [7, 11) is 0. The molecule has 0 rings (SSSR count). The fourth-order valence-corrected chi connectivity index (χ4v) is 2.54. The first-order valence-electron chi connectivity index (χ1n) is 9.09. The van der Waals surface area contributed by atoms with E-state index in [-0.39, 0.29) is 30.2 Å². The maximum atomic E-state index is 12.8. The van der Waals surface area contributed by atoms with Crippen molar-refractivity contribution in [3.63, 3.8) is 0 Å². The Morgan fingerprint density at radius 2 is 1.64 bits per heavy atom. The van der Waals surface area contributed by atoms with Crippen LogP contribution in [-0.2, 0) is 19.1 Å². The first-order chi connectivity index (χ1) is 11.4. The van der Waals surface area contributed by atoms with Gasteiger partial charge in [-0.05, 0) is 38.0 Å². The van der Waals surface area contributed by atoms with Crippen molar-refractivity contribution in [3.05, 3.63) is 12.2 Å². The zero-order chi connectivity index (χ0) is 19.8. The molecule has 0 aliphatic rings. The average molecular weight is 357 g/mol.